The molecule has 2 rings (SSSR count). The number of hydrogen-bond donors (Lipinski definition) is 1. The fourth-order valence-electron chi connectivity index (χ4n) is 2.74. The van der Waals surface area contributed by atoms with Crippen LogP contribution in [0.1, 0.15) is 57.2 Å². The number of halogens is 3. The molecule has 0 spiro atoms. The van der Waals surface area contributed by atoms with Crippen LogP contribution in [0.15, 0.2) is 24.3 Å². The van der Waals surface area contributed by atoms with Gasteiger partial charge in [-0.2, -0.15) is 0 Å². The van der Waals surface area contributed by atoms with Gasteiger partial charge >= 0.3 is 5.97 Å². The van der Waals surface area contributed by atoms with Crippen molar-refractivity contribution in [2.45, 2.75) is 53.1 Å². The van der Waals surface area contributed by atoms with E-state index in [9.17, 15) is 14.3 Å². The Hall–Kier alpha value is -1.98. The third-order valence-electron chi connectivity index (χ3n) is 4.14. The number of methoxy groups -OCH3 is 1. The van der Waals surface area contributed by atoms with Gasteiger partial charge in [0.2, 0.25) is 0 Å². The molecule has 0 saturated carbocycles. The monoisotopic (exact) mass is 444 g/mol. The maximum atomic E-state index is 14.8. The molecule has 2 aromatic rings. The van der Waals surface area contributed by atoms with E-state index in [1.54, 1.807) is 20.8 Å². The molecule has 0 aliphatic rings. The summed E-state index contributed by atoms with van der Waals surface area (Å²) in [6.07, 6.45) is -0.674. The lowest BCUT2D eigenvalue weighted by atomic mass is 9.95. The van der Waals surface area contributed by atoms with Crippen molar-refractivity contribution in [2.75, 3.05) is 7.11 Å². The third-order valence-corrected chi connectivity index (χ3v) is 4.82. The number of benzene rings is 2. The highest BCUT2D eigenvalue weighted by molar-refractivity contribution is 6.36. The molecular weight excluding hydrogens is 418 g/mol. The van der Waals surface area contributed by atoms with E-state index in [1.165, 1.54) is 31.4 Å². The standard InChI is InChI=1S/C20H21Cl2FO4.C2H6/c1-10(2)18-17(24)6-5-12(19(18)23)7-14-15(21)8-13(9-16(14)22)27-11(3)20(25)26-4;1-2/h5-6,8-11,24H,7H2,1-4H3;1-2H3. The van der Waals surface area contributed by atoms with Gasteiger partial charge in [-0.05, 0) is 42.2 Å². The van der Waals surface area contributed by atoms with Crippen LogP contribution in [-0.4, -0.2) is 24.3 Å². The van der Waals surface area contributed by atoms with Crippen molar-refractivity contribution >= 4 is 29.2 Å². The van der Waals surface area contributed by atoms with Gasteiger partial charge in [0, 0.05) is 22.0 Å². The van der Waals surface area contributed by atoms with Crippen molar-refractivity contribution in [1.82, 2.24) is 0 Å². The van der Waals surface area contributed by atoms with Gasteiger partial charge < -0.3 is 14.6 Å². The van der Waals surface area contributed by atoms with Gasteiger partial charge in [0.25, 0.3) is 0 Å². The van der Waals surface area contributed by atoms with E-state index in [0.717, 1.165) is 0 Å². The van der Waals surface area contributed by atoms with Crippen LogP contribution in [0.4, 0.5) is 4.39 Å². The minimum Gasteiger partial charge on any atom is -0.508 e. The second-order valence-corrected chi connectivity index (χ2v) is 7.27. The van der Waals surface area contributed by atoms with E-state index < -0.39 is 17.9 Å². The molecule has 1 unspecified atom stereocenters. The number of ether oxygens (including phenoxy) is 2. The first-order valence-electron chi connectivity index (χ1n) is 9.38. The van der Waals surface area contributed by atoms with E-state index in [-0.39, 0.29) is 33.7 Å². The second-order valence-electron chi connectivity index (χ2n) is 6.45. The summed E-state index contributed by atoms with van der Waals surface area (Å²) in [5, 5.41) is 10.5. The van der Waals surface area contributed by atoms with Gasteiger partial charge in [-0.1, -0.05) is 57.0 Å². The van der Waals surface area contributed by atoms with Crippen molar-refractivity contribution in [3.8, 4) is 11.5 Å². The summed E-state index contributed by atoms with van der Waals surface area (Å²) >= 11 is 12.6. The predicted octanol–water partition coefficient (Wildman–Crippen LogP) is 6.52. The largest absolute Gasteiger partial charge is 0.508 e. The lowest BCUT2D eigenvalue weighted by Crippen LogP contribution is -2.24. The SMILES string of the molecule is CC.COC(=O)C(C)Oc1cc(Cl)c(Cc2ccc(O)c(C(C)C)c2F)c(Cl)c1. The number of phenols is 1. The predicted molar refractivity (Wildman–Crippen MR) is 115 cm³/mol. The minimum absolute atomic E-state index is 0.0796. The lowest BCUT2D eigenvalue weighted by molar-refractivity contribution is -0.147. The Morgan fingerprint density at radius 1 is 1.14 bits per heavy atom. The molecule has 0 heterocycles. The topological polar surface area (TPSA) is 55.8 Å². The van der Waals surface area contributed by atoms with Crippen LogP contribution in [0.3, 0.4) is 0 Å². The van der Waals surface area contributed by atoms with E-state index in [0.29, 0.717) is 16.9 Å². The van der Waals surface area contributed by atoms with Crippen molar-refractivity contribution in [3.05, 3.63) is 56.8 Å². The first-order valence-corrected chi connectivity index (χ1v) is 10.1. The van der Waals surface area contributed by atoms with Crippen LogP contribution < -0.4 is 4.74 Å². The number of rotatable bonds is 6. The average molecular weight is 445 g/mol. The lowest BCUT2D eigenvalue weighted by Gasteiger charge is -2.16. The number of carbonyl (C=O) groups is 1. The zero-order valence-electron chi connectivity index (χ0n) is 17.5. The van der Waals surface area contributed by atoms with Crippen molar-refractivity contribution in [3.63, 3.8) is 0 Å². The van der Waals surface area contributed by atoms with E-state index in [2.05, 4.69) is 4.74 Å². The Balaban J connectivity index is 0.00000204. The minimum atomic E-state index is -0.823. The molecule has 2 aromatic carbocycles. The van der Waals surface area contributed by atoms with Gasteiger partial charge in [0.15, 0.2) is 6.10 Å². The summed E-state index contributed by atoms with van der Waals surface area (Å²) < 4.78 is 24.9. The van der Waals surface area contributed by atoms with E-state index in [1.807, 2.05) is 13.8 Å². The molecule has 1 atom stereocenters. The van der Waals surface area contributed by atoms with Crippen molar-refractivity contribution < 1.29 is 23.8 Å². The molecule has 29 heavy (non-hydrogen) atoms. The Kier molecular flexibility index (Phi) is 9.74. The molecule has 0 radical (unpaired) electrons. The molecule has 1 N–H and O–H groups in total. The molecule has 0 aliphatic carbocycles. The Bertz CT molecular complexity index is 830. The summed E-state index contributed by atoms with van der Waals surface area (Å²) in [4.78, 5) is 11.5. The fraction of sp³-hybridized carbons (Fsp3) is 0.409. The highest BCUT2D eigenvalue weighted by atomic mass is 35.5. The van der Waals surface area contributed by atoms with Gasteiger partial charge in [0.1, 0.15) is 17.3 Å². The fourth-order valence-corrected chi connectivity index (χ4v) is 3.34. The van der Waals surface area contributed by atoms with Crippen molar-refractivity contribution in [1.29, 1.82) is 0 Å². The number of carbonyl (C=O) groups excluding carboxylic acids is 1. The van der Waals surface area contributed by atoms with Gasteiger partial charge in [0.05, 0.1) is 7.11 Å². The van der Waals surface area contributed by atoms with Crippen LogP contribution in [-0.2, 0) is 16.0 Å². The zero-order chi connectivity index (χ0) is 22.3. The quantitative estimate of drug-likeness (QED) is 0.515. The number of hydrogen-bond acceptors (Lipinski definition) is 4. The number of phenolic OH excluding ortho intramolecular Hbond substituents is 1. The van der Waals surface area contributed by atoms with Crippen LogP contribution in [0, 0.1) is 5.82 Å². The molecule has 0 fully saturated rings. The Morgan fingerprint density at radius 2 is 1.69 bits per heavy atom. The smallest absolute Gasteiger partial charge is 0.346 e. The molecule has 0 bridgehead atoms. The summed E-state index contributed by atoms with van der Waals surface area (Å²) in [7, 11) is 1.27. The van der Waals surface area contributed by atoms with E-state index >= 15 is 0 Å². The molecule has 7 heteroatoms. The summed E-state index contributed by atoms with van der Waals surface area (Å²) in [6, 6.07) is 6.01. The summed E-state index contributed by atoms with van der Waals surface area (Å²) in [6.45, 7) is 9.15. The van der Waals surface area contributed by atoms with Gasteiger partial charge in [-0.15, -0.1) is 0 Å². The van der Waals surface area contributed by atoms with Crippen molar-refractivity contribution in [2.24, 2.45) is 0 Å². The maximum Gasteiger partial charge on any atom is 0.346 e. The Morgan fingerprint density at radius 3 is 2.17 bits per heavy atom. The highest BCUT2D eigenvalue weighted by Crippen LogP contribution is 2.35. The van der Waals surface area contributed by atoms with Crippen LogP contribution in [0.2, 0.25) is 10.0 Å². The van der Waals surface area contributed by atoms with Crippen LogP contribution >= 0.6 is 23.2 Å². The first kappa shape index (κ1) is 25.1. The van der Waals surface area contributed by atoms with E-state index in [4.69, 9.17) is 27.9 Å². The molecule has 0 aliphatic heterocycles. The number of aromatic hydroxyl groups is 1. The number of esters is 1. The van der Waals surface area contributed by atoms with Crippen LogP contribution in [0.25, 0.3) is 0 Å². The molecule has 4 nitrogen and oxygen atoms in total. The third kappa shape index (κ3) is 6.25. The molecule has 0 aromatic heterocycles. The summed E-state index contributed by atoms with van der Waals surface area (Å²) in [5.41, 5.74) is 1.15. The zero-order valence-corrected chi connectivity index (χ0v) is 19.0. The summed E-state index contributed by atoms with van der Waals surface area (Å²) in [5.74, 6) is -0.952. The first-order chi connectivity index (χ1) is 13.6. The Labute approximate surface area is 181 Å². The highest BCUT2D eigenvalue weighted by Gasteiger charge is 2.20. The molecular formula is C22H27Cl2FO4. The maximum absolute atomic E-state index is 14.8. The van der Waals surface area contributed by atoms with Crippen LogP contribution in [0.5, 0.6) is 11.5 Å². The second kappa shape index (κ2) is 11.3. The average Bonchev–Trinajstić information content (AvgIpc) is 2.66. The molecule has 0 saturated heterocycles. The molecule has 0 amide bonds. The van der Waals surface area contributed by atoms with Gasteiger partial charge in [-0.3, -0.25) is 0 Å². The van der Waals surface area contributed by atoms with Gasteiger partial charge in [-0.25, -0.2) is 9.18 Å². The normalized spacial score (nSPS) is 11.5. The molecule has 160 valence electrons.